The number of carbonyl (C=O) groups excluding carboxylic acids is 2. The molecule has 9 nitrogen and oxygen atoms in total. The van der Waals surface area contributed by atoms with Gasteiger partial charge in [0.1, 0.15) is 34.5 Å². The van der Waals surface area contributed by atoms with Crippen LogP contribution in [0.1, 0.15) is 47.7 Å². The van der Waals surface area contributed by atoms with E-state index in [1.165, 1.54) is 17.0 Å². The van der Waals surface area contributed by atoms with Crippen LogP contribution in [0, 0.1) is 17.6 Å². The predicted molar refractivity (Wildman–Crippen MR) is 144 cm³/mol. The summed E-state index contributed by atoms with van der Waals surface area (Å²) in [5, 5.41) is 2.85. The Hall–Kier alpha value is -4.12. The number of ether oxygens (including phenoxy) is 2. The second-order valence-electron chi connectivity index (χ2n) is 10.5. The van der Waals surface area contributed by atoms with Crippen molar-refractivity contribution < 1.29 is 27.8 Å². The second-order valence-corrected chi connectivity index (χ2v) is 10.5. The SMILES string of the molecule is CN(C)C(=O)COc1cc(F)c2c(c1)OCCC1CC(N)CC(C1)c1ccncc1NC(=O)c1ccc(F)c-2n1. The minimum Gasteiger partial charge on any atom is -0.493 e. The smallest absolute Gasteiger partial charge is 0.274 e. The normalized spacial score (nSPS) is 20.5. The van der Waals surface area contributed by atoms with Crippen molar-refractivity contribution >= 4 is 17.5 Å². The Bertz CT molecular complexity index is 1430. The van der Waals surface area contributed by atoms with E-state index in [1.54, 1.807) is 26.5 Å². The van der Waals surface area contributed by atoms with Gasteiger partial charge in [-0.15, -0.1) is 0 Å². The zero-order chi connectivity index (χ0) is 28.4. The van der Waals surface area contributed by atoms with E-state index >= 15 is 8.78 Å². The third-order valence-electron chi connectivity index (χ3n) is 7.37. The monoisotopic (exact) mass is 551 g/mol. The summed E-state index contributed by atoms with van der Waals surface area (Å²) in [6, 6.07) is 6.58. The Morgan fingerprint density at radius 1 is 1.18 bits per heavy atom. The standard InChI is InChI=1S/C29H31F2N5O4/c1-36(2)26(37)15-40-19-12-22(31)27-25(13-19)39-8-6-16-9-17(11-18(32)10-16)20-5-7-33-14-24(20)35-29(38)23-4-3-21(30)28(27)34-23/h3-5,7,12-14,16-18H,6,8-11,15,32H2,1-2H3,(H,35,38). The van der Waals surface area contributed by atoms with Gasteiger partial charge in [0.25, 0.3) is 11.8 Å². The number of fused-ring (bicyclic) bond motifs is 8. The van der Waals surface area contributed by atoms with Gasteiger partial charge in [0.2, 0.25) is 0 Å². The molecule has 3 heterocycles. The molecule has 0 radical (unpaired) electrons. The van der Waals surface area contributed by atoms with Crippen molar-refractivity contribution in [3.63, 3.8) is 0 Å². The topological polar surface area (TPSA) is 120 Å². The number of nitrogens with one attached hydrogen (secondary N) is 1. The second kappa shape index (κ2) is 11.5. The van der Waals surface area contributed by atoms with E-state index in [2.05, 4.69) is 15.3 Å². The number of rotatable bonds is 3. The van der Waals surface area contributed by atoms with Gasteiger partial charge in [0.15, 0.2) is 6.61 Å². The molecule has 5 rings (SSSR count). The summed E-state index contributed by atoms with van der Waals surface area (Å²) in [7, 11) is 3.16. The number of nitrogens with two attached hydrogens (primary N) is 1. The van der Waals surface area contributed by atoms with Gasteiger partial charge < -0.3 is 25.4 Å². The molecule has 4 bridgehead atoms. The van der Waals surface area contributed by atoms with Crippen molar-refractivity contribution in [2.45, 2.75) is 37.6 Å². The molecule has 0 spiro atoms. The van der Waals surface area contributed by atoms with Gasteiger partial charge in [-0.2, -0.15) is 0 Å². The zero-order valence-electron chi connectivity index (χ0n) is 22.3. The Morgan fingerprint density at radius 2 is 2.00 bits per heavy atom. The molecule has 1 aliphatic heterocycles. The Labute approximate surface area is 230 Å². The van der Waals surface area contributed by atoms with E-state index in [0.29, 0.717) is 12.1 Å². The molecule has 3 atom stereocenters. The molecule has 40 heavy (non-hydrogen) atoms. The van der Waals surface area contributed by atoms with Crippen LogP contribution in [0.4, 0.5) is 14.5 Å². The minimum absolute atomic E-state index is 0.00437. The molecular formula is C29H31F2N5O4. The Morgan fingerprint density at radius 3 is 2.80 bits per heavy atom. The first kappa shape index (κ1) is 27.4. The number of amides is 2. The fourth-order valence-corrected chi connectivity index (χ4v) is 5.36. The van der Waals surface area contributed by atoms with Crippen LogP contribution in [0.2, 0.25) is 0 Å². The lowest BCUT2D eigenvalue weighted by atomic mass is 9.74. The first-order valence-corrected chi connectivity index (χ1v) is 13.2. The van der Waals surface area contributed by atoms with Crippen LogP contribution in [0.15, 0.2) is 42.7 Å². The molecule has 1 aliphatic carbocycles. The summed E-state index contributed by atoms with van der Waals surface area (Å²) in [5.41, 5.74) is 7.16. The lowest BCUT2D eigenvalue weighted by Crippen LogP contribution is -2.33. The van der Waals surface area contributed by atoms with Crippen molar-refractivity contribution in [1.82, 2.24) is 14.9 Å². The molecular weight excluding hydrogens is 520 g/mol. The van der Waals surface area contributed by atoms with Crippen LogP contribution in [-0.4, -0.2) is 60.0 Å². The zero-order valence-corrected chi connectivity index (χ0v) is 22.3. The van der Waals surface area contributed by atoms with E-state index < -0.39 is 17.5 Å². The van der Waals surface area contributed by atoms with Gasteiger partial charge in [0, 0.05) is 38.5 Å². The number of carbonyl (C=O) groups is 2. The fourth-order valence-electron chi connectivity index (χ4n) is 5.36. The van der Waals surface area contributed by atoms with E-state index in [4.69, 9.17) is 15.2 Å². The Balaban J connectivity index is 1.58. The lowest BCUT2D eigenvalue weighted by molar-refractivity contribution is -0.130. The largest absolute Gasteiger partial charge is 0.493 e. The molecule has 1 fully saturated rings. The highest BCUT2D eigenvalue weighted by Crippen LogP contribution is 2.41. The number of pyridine rings is 2. The summed E-state index contributed by atoms with van der Waals surface area (Å²) < 4.78 is 42.2. The molecule has 0 saturated heterocycles. The average molecular weight is 552 g/mol. The van der Waals surface area contributed by atoms with Crippen LogP contribution in [0.3, 0.4) is 0 Å². The first-order valence-electron chi connectivity index (χ1n) is 13.2. The van der Waals surface area contributed by atoms with Crippen LogP contribution in [0.5, 0.6) is 11.5 Å². The first-order chi connectivity index (χ1) is 19.2. The van der Waals surface area contributed by atoms with Gasteiger partial charge in [-0.05, 0) is 61.3 Å². The van der Waals surface area contributed by atoms with E-state index in [0.717, 1.165) is 37.0 Å². The molecule has 2 aliphatic rings. The van der Waals surface area contributed by atoms with Gasteiger partial charge in [-0.1, -0.05) is 0 Å². The van der Waals surface area contributed by atoms with Gasteiger partial charge in [-0.25, -0.2) is 13.8 Å². The maximum atomic E-state index is 15.6. The molecule has 11 heteroatoms. The molecule has 1 aromatic carbocycles. The highest BCUT2D eigenvalue weighted by molar-refractivity contribution is 6.03. The maximum absolute atomic E-state index is 15.6. The number of hydrogen-bond acceptors (Lipinski definition) is 7. The molecule has 3 aromatic rings. The number of hydrogen-bond donors (Lipinski definition) is 2. The Kier molecular flexibility index (Phi) is 7.92. The number of likely N-dealkylation sites (N-methyl/N-ethyl adjacent to an activating group) is 1. The van der Waals surface area contributed by atoms with Gasteiger partial charge in [-0.3, -0.25) is 14.6 Å². The summed E-state index contributed by atoms with van der Waals surface area (Å²) in [6.07, 6.45) is 6.24. The summed E-state index contributed by atoms with van der Waals surface area (Å²) in [4.78, 5) is 35.0. The van der Waals surface area contributed by atoms with E-state index in [9.17, 15) is 9.59 Å². The third kappa shape index (κ3) is 5.89. The van der Waals surface area contributed by atoms with Crippen molar-refractivity contribution in [3.05, 3.63) is 65.6 Å². The van der Waals surface area contributed by atoms with Crippen molar-refractivity contribution in [3.8, 4) is 22.8 Å². The molecule has 2 aromatic heterocycles. The molecule has 2 amide bonds. The predicted octanol–water partition coefficient (Wildman–Crippen LogP) is 4.13. The third-order valence-corrected chi connectivity index (χ3v) is 7.37. The van der Waals surface area contributed by atoms with Crippen LogP contribution < -0.4 is 20.5 Å². The summed E-state index contributed by atoms with van der Waals surface area (Å²) in [6.45, 7) is -0.109. The van der Waals surface area contributed by atoms with Crippen LogP contribution in [0.25, 0.3) is 11.3 Å². The van der Waals surface area contributed by atoms with Crippen LogP contribution in [-0.2, 0) is 4.79 Å². The van der Waals surface area contributed by atoms with Crippen LogP contribution >= 0.6 is 0 Å². The quantitative estimate of drug-likeness (QED) is 0.502. The van der Waals surface area contributed by atoms with Crippen molar-refractivity contribution in [2.75, 3.05) is 32.6 Å². The highest BCUT2D eigenvalue weighted by atomic mass is 19.1. The molecule has 210 valence electrons. The van der Waals surface area contributed by atoms with Crippen molar-refractivity contribution in [1.29, 1.82) is 0 Å². The molecule has 1 saturated carbocycles. The van der Waals surface area contributed by atoms with E-state index in [1.807, 2.05) is 6.07 Å². The number of benzene rings is 1. The number of halogens is 2. The number of nitrogens with zero attached hydrogens (tertiary/aromatic N) is 3. The maximum Gasteiger partial charge on any atom is 0.274 e. The average Bonchev–Trinajstić information content (AvgIpc) is 2.92. The molecule has 3 unspecified atom stereocenters. The summed E-state index contributed by atoms with van der Waals surface area (Å²) >= 11 is 0. The van der Waals surface area contributed by atoms with E-state index in [-0.39, 0.29) is 65.4 Å². The lowest BCUT2D eigenvalue weighted by Gasteiger charge is -2.34. The minimum atomic E-state index is -0.868. The van der Waals surface area contributed by atoms with Gasteiger partial charge in [0.05, 0.1) is 24.1 Å². The van der Waals surface area contributed by atoms with Gasteiger partial charge >= 0.3 is 0 Å². The fraction of sp³-hybridized carbons (Fsp3) is 0.379. The van der Waals surface area contributed by atoms with Crippen molar-refractivity contribution in [2.24, 2.45) is 11.7 Å². The molecule has 3 N–H and O–H groups in total. The number of aromatic nitrogens is 2. The summed E-state index contributed by atoms with van der Waals surface area (Å²) in [5.74, 6) is -2.27. The highest BCUT2D eigenvalue weighted by Gasteiger charge is 2.30. The number of anilines is 1.